The quantitative estimate of drug-likeness (QED) is 0.880. The van der Waals surface area contributed by atoms with E-state index in [0.717, 1.165) is 5.56 Å². The second-order valence-corrected chi connectivity index (χ2v) is 4.75. The largest absolute Gasteiger partial charge is 0.479 e. The van der Waals surface area contributed by atoms with Gasteiger partial charge >= 0.3 is 5.97 Å². The molecule has 1 aromatic carbocycles. The summed E-state index contributed by atoms with van der Waals surface area (Å²) < 4.78 is 5.16. The summed E-state index contributed by atoms with van der Waals surface area (Å²) in [4.78, 5) is 22.5. The van der Waals surface area contributed by atoms with Crippen LogP contribution in [0.4, 0.5) is 0 Å². The molecule has 0 spiro atoms. The molecule has 0 radical (unpaired) electrons. The number of rotatable bonds is 4. The van der Waals surface area contributed by atoms with E-state index in [1.807, 2.05) is 18.2 Å². The summed E-state index contributed by atoms with van der Waals surface area (Å²) in [5, 5.41) is 12.1. The summed E-state index contributed by atoms with van der Waals surface area (Å²) >= 11 is 5.97. The van der Waals surface area contributed by atoms with Crippen LogP contribution in [-0.2, 0) is 20.9 Å². The predicted octanol–water partition coefficient (Wildman–Crippen LogP) is 1.59. The van der Waals surface area contributed by atoms with Gasteiger partial charge in [-0.05, 0) is 24.5 Å². The van der Waals surface area contributed by atoms with Crippen molar-refractivity contribution in [1.29, 1.82) is 0 Å². The van der Waals surface area contributed by atoms with E-state index in [0.29, 0.717) is 24.4 Å². The Labute approximate surface area is 115 Å². The maximum atomic E-state index is 11.8. The van der Waals surface area contributed by atoms with Crippen molar-refractivity contribution >= 4 is 23.5 Å². The highest BCUT2D eigenvalue weighted by Crippen LogP contribution is 2.20. The zero-order valence-corrected chi connectivity index (χ0v) is 10.9. The van der Waals surface area contributed by atoms with Gasteiger partial charge < -0.3 is 15.2 Å². The SMILES string of the molecule is O=C(O)C1CCC(C(=O)NCc2ccccc2Cl)O1. The van der Waals surface area contributed by atoms with Crippen LogP contribution in [0.25, 0.3) is 0 Å². The number of hydrogen-bond donors (Lipinski definition) is 2. The number of carbonyl (C=O) groups is 2. The average molecular weight is 284 g/mol. The molecule has 102 valence electrons. The lowest BCUT2D eigenvalue weighted by Gasteiger charge is -2.12. The fourth-order valence-corrected chi connectivity index (χ4v) is 2.15. The molecule has 0 aliphatic carbocycles. The van der Waals surface area contributed by atoms with Crippen molar-refractivity contribution in [2.45, 2.75) is 31.6 Å². The summed E-state index contributed by atoms with van der Waals surface area (Å²) in [6.07, 6.45) is -0.787. The molecule has 5 nitrogen and oxygen atoms in total. The smallest absolute Gasteiger partial charge is 0.332 e. The molecular formula is C13H14ClNO4. The topological polar surface area (TPSA) is 75.6 Å². The van der Waals surface area contributed by atoms with E-state index in [1.54, 1.807) is 6.07 Å². The van der Waals surface area contributed by atoms with Crippen LogP contribution in [-0.4, -0.2) is 29.2 Å². The molecule has 0 aromatic heterocycles. The van der Waals surface area contributed by atoms with E-state index in [2.05, 4.69) is 5.32 Å². The summed E-state index contributed by atoms with van der Waals surface area (Å²) in [5.74, 6) is -1.33. The van der Waals surface area contributed by atoms with Crippen molar-refractivity contribution in [2.75, 3.05) is 0 Å². The third-order valence-electron chi connectivity index (χ3n) is 3.00. The second-order valence-electron chi connectivity index (χ2n) is 4.34. The van der Waals surface area contributed by atoms with Gasteiger partial charge in [0.1, 0.15) is 6.10 Å². The summed E-state index contributed by atoms with van der Waals surface area (Å²) in [6, 6.07) is 7.21. The Morgan fingerprint density at radius 1 is 1.32 bits per heavy atom. The summed E-state index contributed by atoms with van der Waals surface area (Å²) in [6.45, 7) is 0.302. The van der Waals surface area contributed by atoms with Crippen LogP contribution in [0.1, 0.15) is 18.4 Å². The van der Waals surface area contributed by atoms with Gasteiger partial charge in [0, 0.05) is 11.6 Å². The van der Waals surface area contributed by atoms with Gasteiger partial charge in [-0.25, -0.2) is 4.79 Å². The number of hydrogen-bond acceptors (Lipinski definition) is 3. The molecule has 1 aliphatic rings. The molecule has 2 N–H and O–H groups in total. The lowest BCUT2D eigenvalue weighted by molar-refractivity contribution is -0.151. The molecule has 0 bridgehead atoms. The van der Waals surface area contributed by atoms with Crippen molar-refractivity contribution in [3.05, 3.63) is 34.9 Å². The first-order valence-corrected chi connectivity index (χ1v) is 6.35. The Bertz CT molecular complexity index is 491. The van der Waals surface area contributed by atoms with Gasteiger partial charge in [0.25, 0.3) is 0 Å². The molecule has 1 saturated heterocycles. The van der Waals surface area contributed by atoms with Crippen LogP contribution in [0.2, 0.25) is 5.02 Å². The van der Waals surface area contributed by atoms with Crippen molar-refractivity contribution in [3.63, 3.8) is 0 Å². The highest BCUT2D eigenvalue weighted by atomic mass is 35.5. The minimum atomic E-state index is -1.03. The number of halogens is 1. The molecule has 1 aromatic rings. The Balaban J connectivity index is 1.86. The molecule has 1 aliphatic heterocycles. The number of benzene rings is 1. The number of amides is 1. The monoisotopic (exact) mass is 283 g/mol. The van der Waals surface area contributed by atoms with Crippen LogP contribution in [0, 0.1) is 0 Å². The van der Waals surface area contributed by atoms with Crippen LogP contribution in [0.5, 0.6) is 0 Å². The van der Waals surface area contributed by atoms with Crippen LogP contribution < -0.4 is 5.32 Å². The van der Waals surface area contributed by atoms with Crippen LogP contribution in [0.15, 0.2) is 24.3 Å². The van der Waals surface area contributed by atoms with Crippen LogP contribution in [0.3, 0.4) is 0 Å². The summed E-state index contributed by atoms with van der Waals surface area (Å²) in [5.41, 5.74) is 0.810. The summed E-state index contributed by atoms with van der Waals surface area (Å²) in [7, 11) is 0. The van der Waals surface area contributed by atoms with Crippen LogP contribution >= 0.6 is 11.6 Å². The van der Waals surface area contributed by atoms with Crippen molar-refractivity contribution in [2.24, 2.45) is 0 Å². The third kappa shape index (κ3) is 3.45. The van der Waals surface area contributed by atoms with Crippen molar-refractivity contribution < 1.29 is 19.4 Å². The minimum Gasteiger partial charge on any atom is -0.479 e. The Hall–Kier alpha value is -1.59. The van der Waals surface area contributed by atoms with E-state index in [4.69, 9.17) is 21.4 Å². The van der Waals surface area contributed by atoms with Gasteiger partial charge in [-0.1, -0.05) is 29.8 Å². The first-order chi connectivity index (χ1) is 9.08. The Kier molecular flexibility index (Phi) is 4.39. The minimum absolute atomic E-state index is 0.302. The Morgan fingerprint density at radius 3 is 2.63 bits per heavy atom. The van der Waals surface area contributed by atoms with E-state index in [-0.39, 0.29) is 5.91 Å². The molecule has 19 heavy (non-hydrogen) atoms. The number of carbonyl (C=O) groups excluding carboxylic acids is 1. The zero-order valence-electron chi connectivity index (χ0n) is 10.1. The lowest BCUT2D eigenvalue weighted by atomic mass is 10.2. The van der Waals surface area contributed by atoms with Gasteiger partial charge in [-0.2, -0.15) is 0 Å². The normalized spacial score (nSPS) is 22.2. The van der Waals surface area contributed by atoms with E-state index >= 15 is 0 Å². The van der Waals surface area contributed by atoms with Gasteiger partial charge in [0.15, 0.2) is 6.10 Å². The highest BCUT2D eigenvalue weighted by molar-refractivity contribution is 6.31. The zero-order chi connectivity index (χ0) is 13.8. The molecule has 1 heterocycles. The van der Waals surface area contributed by atoms with Gasteiger partial charge in [-0.15, -0.1) is 0 Å². The molecule has 0 saturated carbocycles. The lowest BCUT2D eigenvalue weighted by Crippen LogP contribution is -2.35. The average Bonchev–Trinajstić information content (AvgIpc) is 2.87. The van der Waals surface area contributed by atoms with Gasteiger partial charge in [0.2, 0.25) is 5.91 Å². The number of carboxylic acid groups (broad SMARTS) is 1. The van der Waals surface area contributed by atoms with Gasteiger partial charge in [0.05, 0.1) is 0 Å². The number of aliphatic carboxylic acids is 1. The molecule has 2 unspecified atom stereocenters. The van der Waals surface area contributed by atoms with Gasteiger partial charge in [-0.3, -0.25) is 4.79 Å². The first-order valence-electron chi connectivity index (χ1n) is 5.97. The maximum absolute atomic E-state index is 11.8. The van der Waals surface area contributed by atoms with E-state index in [1.165, 1.54) is 0 Å². The number of nitrogens with one attached hydrogen (secondary N) is 1. The maximum Gasteiger partial charge on any atom is 0.332 e. The molecule has 1 amide bonds. The van der Waals surface area contributed by atoms with Crippen molar-refractivity contribution in [1.82, 2.24) is 5.32 Å². The number of carboxylic acids is 1. The predicted molar refractivity (Wildman–Crippen MR) is 68.8 cm³/mol. The fourth-order valence-electron chi connectivity index (χ4n) is 1.95. The van der Waals surface area contributed by atoms with Crippen molar-refractivity contribution in [3.8, 4) is 0 Å². The van der Waals surface area contributed by atoms with E-state index < -0.39 is 18.2 Å². The fraction of sp³-hybridized carbons (Fsp3) is 0.385. The molecular weight excluding hydrogens is 270 g/mol. The highest BCUT2D eigenvalue weighted by Gasteiger charge is 2.34. The first kappa shape index (κ1) is 13.8. The molecule has 2 rings (SSSR count). The molecule has 2 atom stereocenters. The molecule has 1 fully saturated rings. The molecule has 6 heteroatoms. The van der Waals surface area contributed by atoms with E-state index in [9.17, 15) is 9.59 Å². The third-order valence-corrected chi connectivity index (χ3v) is 3.37. The number of ether oxygens (including phenoxy) is 1. The second kappa shape index (κ2) is 6.04. The standard InChI is InChI=1S/C13H14ClNO4/c14-9-4-2-1-3-8(9)7-15-12(16)10-5-6-11(19-10)13(17)18/h1-4,10-11H,5-7H2,(H,15,16)(H,17,18). The Morgan fingerprint density at radius 2 is 2.00 bits per heavy atom.